The lowest BCUT2D eigenvalue weighted by Gasteiger charge is -2.36. The maximum absolute atomic E-state index is 13.1. The SMILES string of the molecule is CC1(C)CCCC(Nc2ccc(F)c(F)c2)C1. The van der Waals surface area contributed by atoms with Crippen molar-refractivity contribution < 1.29 is 8.78 Å². The third-order valence-electron chi connectivity index (χ3n) is 3.50. The van der Waals surface area contributed by atoms with Gasteiger partial charge in [0.25, 0.3) is 0 Å². The molecular formula is C14H19F2N. The maximum Gasteiger partial charge on any atom is 0.160 e. The standard InChI is InChI=1S/C14H19F2N/c1-14(2)7-3-4-11(9-14)17-10-5-6-12(15)13(16)8-10/h5-6,8,11,17H,3-4,7,9H2,1-2H3. The van der Waals surface area contributed by atoms with E-state index in [0.29, 0.717) is 17.1 Å². The van der Waals surface area contributed by atoms with E-state index in [1.807, 2.05) is 0 Å². The van der Waals surface area contributed by atoms with Gasteiger partial charge in [-0.05, 0) is 36.8 Å². The van der Waals surface area contributed by atoms with Crippen molar-refractivity contribution in [2.24, 2.45) is 5.41 Å². The van der Waals surface area contributed by atoms with Crippen LogP contribution in [-0.4, -0.2) is 6.04 Å². The molecular weight excluding hydrogens is 220 g/mol. The fourth-order valence-electron chi connectivity index (χ4n) is 2.64. The Balaban J connectivity index is 2.03. The minimum absolute atomic E-state index is 0.342. The van der Waals surface area contributed by atoms with Gasteiger partial charge in [-0.2, -0.15) is 0 Å². The van der Waals surface area contributed by atoms with E-state index in [1.54, 1.807) is 6.07 Å². The fraction of sp³-hybridized carbons (Fsp3) is 0.571. The van der Waals surface area contributed by atoms with Crippen molar-refractivity contribution in [3.05, 3.63) is 29.8 Å². The molecule has 2 rings (SSSR count). The molecule has 1 aromatic carbocycles. The number of anilines is 1. The van der Waals surface area contributed by atoms with Gasteiger partial charge in [0.05, 0.1) is 0 Å². The monoisotopic (exact) mass is 239 g/mol. The molecule has 1 saturated carbocycles. The predicted molar refractivity (Wildman–Crippen MR) is 66.0 cm³/mol. The van der Waals surface area contributed by atoms with Crippen molar-refractivity contribution in [1.29, 1.82) is 0 Å². The highest BCUT2D eigenvalue weighted by Gasteiger charge is 2.27. The summed E-state index contributed by atoms with van der Waals surface area (Å²) < 4.78 is 25.9. The number of nitrogens with one attached hydrogen (secondary N) is 1. The van der Waals surface area contributed by atoms with E-state index in [9.17, 15) is 8.78 Å². The fourth-order valence-corrected chi connectivity index (χ4v) is 2.64. The molecule has 3 heteroatoms. The van der Waals surface area contributed by atoms with E-state index in [2.05, 4.69) is 19.2 Å². The summed E-state index contributed by atoms with van der Waals surface area (Å²) in [6.45, 7) is 4.51. The predicted octanol–water partition coefficient (Wildman–Crippen LogP) is 4.35. The molecule has 0 spiro atoms. The first-order chi connectivity index (χ1) is 7.96. The lowest BCUT2D eigenvalue weighted by Crippen LogP contribution is -2.31. The van der Waals surface area contributed by atoms with Crippen molar-refractivity contribution in [2.75, 3.05) is 5.32 Å². The second-order valence-electron chi connectivity index (χ2n) is 5.73. The Morgan fingerprint density at radius 2 is 2.00 bits per heavy atom. The van der Waals surface area contributed by atoms with Gasteiger partial charge in [0.2, 0.25) is 0 Å². The summed E-state index contributed by atoms with van der Waals surface area (Å²) in [5, 5.41) is 3.30. The molecule has 1 atom stereocenters. The first-order valence-corrected chi connectivity index (χ1v) is 6.18. The molecule has 1 aliphatic carbocycles. The first-order valence-electron chi connectivity index (χ1n) is 6.18. The minimum Gasteiger partial charge on any atom is -0.382 e. The van der Waals surface area contributed by atoms with Crippen molar-refractivity contribution in [2.45, 2.75) is 45.6 Å². The molecule has 1 N–H and O–H groups in total. The average molecular weight is 239 g/mol. The zero-order valence-electron chi connectivity index (χ0n) is 10.4. The minimum atomic E-state index is -0.792. The van der Waals surface area contributed by atoms with Crippen LogP contribution in [-0.2, 0) is 0 Å². The van der Waals surface area contributed by atoms with E-state index in [4.69, 9.17) is 0 Å². The average Bonchev–Trinajstić information content (AvgIpc) is 2.22. The van der Waals surface area contributed by atoms with Gasteiger partial charge in [-0.3, -0.25) is 0 Å². The summed E-state index contributed by atoms with van der Waals surface area (Å²) in [5.74, 6) is -1.58. The summed E-state index contributed by atoms with van der Waals surface area (Å²) in [4.78, 5) is 0. The maximum atomic E-state index is 13.1. The molecule has 0 heterocycles. The number of rotatable bonds is 2. The van der Waals surface area contributed by atoms with Crippen molar-refractivity contribution in [1.82, 2.24) is 0 Å². The second-order valence-corrected chi connectivity index (χ2v) is 5.73. The number of halogens is 2. The molecule has 1 aromatic rings. The van der Waals surface area contributed by atoms with Crippen LogP contribution in [0.3, 0.4) is 0 Å². The molecule has 0 bridgehead atoms. The van der Waals surface area contributed by atoms with Gasteiger partial charge < -0.3 is 5.32 Å². The van der Waals surface area contributed by atoms with Crippen LogP contribution >= 0.6 is 0 Å². The third-order valence-corrected chi connectivity index (χ3v) is 3.50. The van der Waals surface area contributed by atoms with Crippen molar-refractivity contribution in [3.63, 3.8) is 0 Å². The van der Waals surface area contributed by atoms with Gasteiger partial charge in [0.15, 0.2) is 11.6 Å². The lowest BCUT2D eigenvalue weighted by atomic mass is 9.75. The van der Waals surface area contributed by atoms with Gasteiger partial charge in [0, 0.05) is 17.8 Å². The largest absolute Gasteiger partial charge is 0.382 e. The van der Waals surface area contributed by atoms with Gasteiger partial charge in [-0.1, -0.05) is 20.3 Å². The van der Waals surface area contributed by atoms with Crippen LogP contribution in [0.4, 0.5) is 14.5 Å². The highest BCUT2D eigenvalue weighted by molar-refractivity contribution is 5.44. The molecule has 1 fully saturated rings. The smallest absolute Gasteiger partial charge is 0.160 e. The van der Waals surface area contributed by atoms with Crippen LogP contribution in [0.2, 0.25) is 0 Å². The van der Waals surface area contributed by atoms with E-state index >= 15 is 0 Å². The van der Waals surface area contributed by atoms with Crippen LogP contribution in [0.5, 0.6) is 0 Å². The Morgan fingerprint density at radius 1 is 1.24 bits per heavy atom. The van der Waals surface area contributed by atoms with Crippen LogP contribution < -0.4 is 5.32 Å². The number of hydrogen-bond acceptors (Lipinski definition) is 1. The third kappa shape index (κ3) is 3.18. The first kappa shape index (κ1) is 12.3. The highest BCUT2D eigenvalue weighted by atomic mass is 19.2. The quantitative estimate of drug-likeness (QED) is 0.809. The lowest BCUT2D eigenvalue weighted by molar-refractivity contribution is 0.229. The van der Waals surface area contributed by atoms with Crippen LogP contribution in [0.1, 0.15) is 39.5 Å². The molecule has 0 aromatic heterocycles. The summed E-state index contributed by atoms with van der Waals surface area (Å²) in [6, 6.07) is 4.37. The molecule has 17 heavy (non-hydrogen) atoms. The summed E-state index contributed by atoms with van der Waals surface area (Å²) in [7, 11) is 0. The van der Waals surface area contributed by atoms with Gasteiger partial charge in [-0.25, -0.2) is 8.78 Å². The summed E-state index contributed by atoms with van der Waals surface area (Å²) in [6.07, 6.45) is 4.60. The molecule has 0 amide bonds. The molecule has 0 saturated heterocycles. The van der Waals surface area contributed by atoms with Gasteiger partial charge in [-0.15, -0.1) is 0 Å². The number of hydrogen-bond donors (Lipinski definition) is 1. The Bertz CT molecular complexity index is 401. The Morgan fingerprint density at radius 3 is 2.65 bits per heavy atom. The van der Waals surface area contributed by atoms with Gasteiger partial charge in [0.1, 0.15) is 0 Å². The van der Waals surface area contributed by atoms with Gasteiger partial charge >= 0.3 is 0 Å². The summed E-state index contributed by atoms with van der Waals surface area (Å²) >= 11 is 0. The highest BCUT2D eigenvalue weighted by Crippen LogP contribution is 2.36. The number of benzene rings is 1. The zero-order chi connectivity index (χ0) is 12.5. The molecule has 1 aliphatic rings. The Labute approximate surface area is 101 Å². The normalized spacial score (nSPS) is 23.4. The zero-order valence-corrected chi connectivity index (χ0v) is 10.4. The van der Waals surface area contributed by atoms with E-state index < -0.39 is 11.6 Å². The second kappa shape index (κ2) is 4.63. The van der Waals surface area contributed by atoms with Crippen LogP contribution in [0, 0.1) is 17.0 Å². The topological polar surface area (TPSA) is 12.0 Å². The van der Waals surface area contributed by atoms with E-state index in [0.717, 1.165) is 12.8 Å². The van der Waals surface area contributed by atoms with Crippen LogP contribution in [0.15, 0.2) is 18.2 Å². The van der Waals surface area contributed by atoms with Crippen molar-refractivity contribution >= 4 is 5.69 Å². The molecule has 94 valence electrons. The molecule has 1 unspecified atom stereocenters. The molecule has 1 nitrogen and oxygen atoms in total. The molecule has 0 aliphatic heterocycles. The van der Waals surface area contributed by atoms with Crippen LogP contribution in [0.25, 0.3) is 0 Å². The molecule has 0 radical (unpaired) electrons. The summed E-state index contributed by atoms with van der Waals surface area (Å²) in [5.41, 5.74) is 1.01. The Hall–Kier alpha value is -1.12. The Kier molecular flexibility index (Phi) is 3.36. The van der Waals surface area contributed by atoms with Crippen molar-refractivity contribution in [3.8, 4) is 0 Å². The van der Waals surface area contributed by atoms with E-state index in [1.165, 1.54) is 25.0 Å². The van der Waals surface area contributed by atoms with E-state index in [-0.39, 0.29) is 0 Å².